The van der Waals surface area contributed by atoms with E-state index in [2.05, 4.69) is 9.71 Å². The van der Waals surface area contributed by atoms with Crippen molar-refractivity contribution < 1.29 is 13.7 Å². The number of pyridine rings is 1. The Bertz CT molecular complexity index is 686. The fraction of sp³-hybridized carbons (Fsp3) is 0.389. The maximum atomic E-state index is 12.9. The highest BCUT2D eigenvalue weighted by Gasteiger charge is 2.28. The first-order valence-corrected chi connectivity index (χ1v) is 8.90. The summed E-state index contributed by atoms with van der Waals surface area (Å²) in [4.78, 5) is 4.33. The van der Waals surface area contributed by atoms with Gasteiger partial charge in [-0.3, -0.25) is 0 Å². The van der Waals surface area contributed by atoms with Crippen LogP contribution in [-0.4, -0.2) is 14.3 Å². The fourth-order valence-corrected chi connectivity index (χ4v) is 2.76. The Morgan fingerprint density at radius 3 is 2.42 bits per heavy atom. The predicted octanol–water partition coefficient (Wildman–Crippen LogP) is 4.43. The van der Waals surface area contributed by atoms with Gasteiger partial charge in [0.1, 0.15) is 16.3 Å². The molecular weight excluding hydrogens is 327 g/mol. The van der Waals surface area contributed by atoms with E-state index in [1.165, 1.54) is 12.1 Å². The number of benzene rings is 1. The molecule has 0 aliphatic carbocycles. The molecule has 0 saturated carbocycles. The van der Waals surface area contributed by atoms with E-state index in [0.29, 0.717) is 11.6 Å². The Hall–Kier alpha value is -1.63. The quantitative estimate of drug-likeness (QED) is 0.810. The van der Waals surface area contributed by atoms with E-state index in [9.17, 15) is 8.94 Å². The van der Waals surface area contributed by atoms with Crippen LogP contribution in [0.15, 0.2) is 36.5 Å². The van der Waals surface area contributed by atoms with Crippen molar-refractivity contribution in [1.29, 1.82) is 0 Å². The molecule has 0 amide bonds. The smallest absolute Gasteiger partial charge is 0.222 e. The second-order valence-electron chi connectivity index (χ2n) is 6.67. The number of hydrogen-bond acceptors (Lipinski definition) is 4. The lowest BCUT2D eigenvalue weighted by Gasteiger charge is -2.26. The summed E-state index contributed by atoms with van der Waals surface area (Å²) in [6.45, 7) is 9.60. The van der Waals surface area contributed by atoms with Crippen molar-refractivity contribution >= 4 is 11.4 Å². The van der Waals surface area contributed by atoms with Gasteiger partial charge in [0.05, 0.1) is 6.04 Å². The predicted molar refractivity (Wildman–Crippen MR) is 94.9 cm³/mol. The maximum absolute atomic E-state index is 12.9. The van der Waals surface area contributed by atoms with Crippen LogP contribution in [0.4, 0.5) is 4.39 Å². The van der Waals surface area contributed by atoms with Crippen LogP contribution in [0.3, 0.4) is 0 Å². The highest BCUT2D eigenvalue weighted by atomic mass is 32.2. The summed E-state index contributed by atoms with van der Waals surface area (Å²) >= 11 is -1.16. The van der Waals surface area contributed by atoms with E-state index in [-0.39, 0.29) is 16.6 Å². The second kappa shape index (κ2) is 7.51. The van der Waals surface area contributed by atoms with E-state index in [1.54, 1.807) is 18.3 Å². The summed E-state index contributed by atoms with van der Waals surface area (Å²) < 4.78 is 33.6. The van der Waals surface area contributed by atoms with E-state index in [1.807, 2.05) is 40.7 Å². The highest BCUT2D eigenvalue weighted by Crippen LogP contribution is 2.26. The van der Waals surface area contributed by atoms with Crippen LogP contribution in [0.2, 0.25) is 0 Å². The topological polar surface area (TPSA) is 57.2 Å². The number of halogens is 1. The third-order valence-electron chi connectivity index (χ3n) is 3.42. The van der Waals surface area contributed by atoms with Gasteiger partial charge in [0, 0.05) is 23.1 Å². The number of rotatable bonds is 5. The lowest BCUT2D eigenvalue weighted by molar-refractivity contribution is 0.456. The average Bonchev–Trinajstić information content (AvgIpc) is 2.50. The molecular formula is C18H23FN2O2S. The Morgan fingerprint density at radius 2 is 1.88 bits per heavy atom. The molecule has 0 saturated heterocycles. The molecule has 1 N–H and O–H groups in total. The molecule has 1 aromatic heterocycles. The molecule has 2 aromatic rings. The van der Waals surface area contributed by atoms with Crippen LogP contribution < -0.4 is 9.46 Å². The van der Waals surface area contributed by atoms with Crippen LogP contribution in [0.25, 0.3) is 0 Å². The normalized spacial score (nSPS) is 14.3. The zero-order chi connectivity index (χ0) is 17.9. The van der Waals surface area contributed by atoms with Crippen LogP contribution in [-0.2, 0) is 11.4 Å². The van der Waals surface area contributed by atoms with Gasteiger partial charge in [-0.1, -0.05) is 0 Å². The summed E-state index contributed by atoms with van der Waals surface area (Å²) in [6, 6.07) is 7.64. The number of aromatic nitrogens is 1. The van der Waals surface area contributed by atoms with E-state index in [4.69, 9.17) is 4.74 Å². The number of ether oxygens (including phenoxy) is 1. The van der Waals surface area contributed by atoms with E-state index >= 15 is 0 Å². The number of nitrogens with zero attached hydrogens (tertiary/aromatic N) is 1. The minimum atomic E-state index is -1.16. The number of nitrogens with one attached hydrogen (secondary N) is 1. The molecule has 2 atom stereocenters. The molecule has 1 heterocycles. The zero-order valence-electron chi connectivity index (χ0n) is 14.6. The first-order valence-electron chi connectivity index (χ1n) is 7.75. The van der Waals surface area contributed by atoms with Crippen LogP contribution >= 0.6 is 0 Å². The Balaban J connectivity index is 2.10. The van der Waals surface area contributed by atoms with Gasteiger partial charge < -0.3 is 9.29 Å². The van der Waals surface area contributed by atoms with Gasteiger partial charge >= 0.3 is 0 Å². The molecule has 0 spiro atoms. The maximum Gasteiger partial charge on any atom is 0.222 e. The number of aryl methyl sites for hydroxylation is 1. The molecule has 0 aliphatic rings. The fourth-order valence-electron chi connectivity index (χ4n) is 1.95. The minimum Gasteiger partial charge on any atom is -0.598 e. The first kappa shape index (κ1) is 18.7. The summed E-state index contributed by atoms with van der Waals surface area (Å²) in [5.41, 5.74) is 1.78. The largest absolute Gasteiger partial charge is 0.598 e. The Morgan fingerprint density at radius 1 is 1.25 bits per heavy atom. The van der Waals surface area contributed by atoms with Crippen molar-refractivity contribution in [2.45, 2.75) is 45.4 Å². The summed E-state index contributed by atoms with van der Waals surface area (Å²) in [5.74, 6) is 0.684. The van der Waals surface area contributed by atoms with Crippen molar-refractivity contribution in [3.05, 3.63) is 53.5 Å². The monoisotopic (exact) mass is 350 g/mol. The summed E-state index contributed by atoms with van der Waals surface area (Å²) in [6.07, 6.45) is 1.70. The molecule has 130 valence electrons. The molecule has 0 aliphatic heterocycles. The molecule has 1 unspecified atom stereocenters. The van der Waals surface area contributed by atoms with Crippen LogP contribution in [0, 0.1) is 12.7 Å². The standard InChI is InChI=1S/C18H23FN2O2S/c1-12-10-14(13(2)21-24(22)18(3,4)5)11-20-17(12)23-16-8-6-15(19)7-9-16/h6-11,13,21H,1-5H3/t13?,24-/m1/s1. The summed E-state index contributed by atoms with van der Waals surface area (Å²) in [7, 11) is 0. The van der Waals surface area contributed by atoms with Gasteiger partial charge in [0.15, 0.2) is 0 Å². The van der Waals surface area contributed by atoms with Crippen molar-refractivity contribution in [2.75, 3.05) is 0 Å². The molecule has 0 radical (unpaired) electrons. The molecule has 0 fully saturated rings. The van der Waals surface area contributed by atoms with Crippen LogP contribution in [0.1, 0.15) is 44.9 Å². The SMILES string of the molecule is Cc1cc(C(C)N[S@+]([O-])C(C)(C)C)cnc1Oc1ccc(F)cc1. The minimum absolute atomic E-state index is 0.101. The molecule has 4 nitrogen and oxygen atoms in total. The Labute approximate surface area is 145 Å². The highest BCUT2D eigenvalue weighted by molar-refractivity contribution is 7.90. The average molecular weight is 350 g/mol. The van der Waals surface area contributed by atoms with Crippen molar-refractivity contribution in [3.8, 4) is 11.6 Å². The van der Waals surface area contributed by atoms with Crippen molar-refractivity contribution in [3.63, 3.8) is 0 Å². The third-order valence-corrected chi connectivity index (χ3v) is 5.10. The van der Waals surface area contributed by atoms with Gasteiger partial charge in [0.25, 0.3) is 0 Å². The molecule has 24 heavy (non-hydrogen) atoms. The lowest BCUT2D eigenvalue weighted by Crippen LogP contribution is -2.40. The van der Waals surface area contributed by atoms with Gasteiger partial charge in [-0.15, -0.1) is 4.72 Å². The second-order valence-corrected chi connectivity index (χ2v) is 8.67. The molecule has 0 bridgehead atoms. The van der Waals surface area contributed by atoms with Crippen LogP contribution in [0.5, 0.6) is 11.6 Å². The lowest BCUT2D eigenvalue weighted by atomic mass is 10.1. The van der Waals surface area contributed by atoms with Gasteiger partial charge in [-0.05, 0) is 70.5 Å². The van der Waals surface area contributed by atoms with Gasteiger partial charge in [-0.25, -0.2) is 9.37 Å². The number of hydrogen-bond donors (Lipinski definition) is 1. The van der Waals surface area contributed by atoms with Crippen molar-refractivity contribution in [1.82, 2.24) is 9.71 Å². The third kappa shape index (κ3) is 4.93. The van der Waals surface area contributed by atoms with Gasteiger partial charge in [-0.2, -0.15) is 0 Å². The first-order chi connectivity index (χ1) is 11.2. The van der Waals surface area contributed by atoms with Crippen molar-refractivity contribution in [2.24, 2.45) is 0 Å². The molecule has 1 aromatic carbocycles. The summed E-state index contributed by atoms with van der Waals surface area (Å²) in [5, 5.41) is 0. The molecule has 2 rings (SSSR count). The van der Waals surface area contributed by atoms with Gasteiger partial charge in [0.2, 0.25) is 5.88 Å². The Kier molecular flexibility index (Phi) is 5.85. The van der Waals surface area contributed by atoms with E-state index < -0.39 is 11.4 Å². The molecule has 6 heteroatoms. The van der Waals surface area contributed by atoms with E-state index in [0.717, 1.165) is 11.1 Å². The zero-order valence-corrected chi connectivity index (χ0v) is 15.4.